The summed E-state index contributed by atoms with van der Waals surface area (Å²) in [5.41, 5.74) is 2.12. The Bertz CT molecular complexity index is 532. The van der Waals surface area contributed by atoms with Crippen LogP contribution in [-0.4, -0.2) is 4.98 Å². The number of nitrogens with zero attached hydrogens (tertiary/aromatic N) is 1. The zero-order chi connectivity index (χ0) is 12.3. The average molecular weight is 376 g/mol. The third-order valence-corrected chi connectivity index (χ3v) is 3.50. The fourth-order valence-corrected chi connectivity index (χ4v) is 2.62. The second-order valence-electron chi connectivity index (χ2n) is 3.49. The molecule has 2 rings (SSSR count). The molecule has 88 valence electrons. The Morgan fingerprint density at radius 2 is 2.00 bits per heavy atom. The molecule has 2 nitrogen and oxygen atoms in total. The Hall–Kier alpha value is -0.580. The number of hydrogen-bond acceptors (Lipinski definition) is 2. The number of anilines is 1. The maximum atomic E-state index is 5.88. The molecular weight excluding hydrogens is 367 g/mol. The van der Waals surface area contributed by atoms with Gasteiger partial charge in [0.15, 0.2) is 0 Å². The van der Waals surface area contributed by atoms with Crippen LogP contribution in [0.4, 0.5) is 5.69 Å². The maximum absolute atomic E-state index is 5.88. The molecule has 1 aromatic heterocycles. The molecule has 0 bridgehead atoms. The summed E-state index contributed by atoms with van der Waals surface area (Å²) in [5, 5.41) is 4.03. The van der Waals surface area contributed by atoms with Crippen LogP contribution in [0.25, 0.3) is 0 Å². The van der Waals surface area contributed by atoms with E-state index in [1.807, 2.05) is 30.5 Å². The summed E-state index contributed by atoms with van der Waals surface area (Å²) in [6.07, 6.45) is 3.60. The highest BCUT2D eigenvalue weighted by Gasteiger charge is 2.01. The summed E-state index contributed by atoms with van der Waals surface area (Å²) in [5.74, 6) is 0. The van der Waals surface area contributed by atoms with Crippen molar-refractivity contribution >= 4 is 49.1 Å². The largest absolute Gasteiger partial charge is 0.380 e. The number of hydrogen-bond donors (Lipinski definition) is 1. The molecular formula is C12H9Br2ClN2. The van der Waals surface area contributed by atoms with Crippen LogP contribution in [0.5, 0.6) is 0 Å². The van der Waals surface area contributed by atoms with E-state index >= 15 is 0 Å². The van der Waals surface area contributed by atoms with Crippen LogP contribution in [0.1, 0.15) is 5.56 Å². The van der Waals surface area contributed by atoms with Crippen molar-refractivity contribution in [3.05, 3.63) is 56.2 Å². The van der Waals surface area contributed by atoms with Gasteiger partial charge in [-0.3, -0.25) is 4.98 Å². The van der Waals surface area contributed by atoms with E-state index in [9.17, 15) is 0 Å². The fraction of sp³-hybridized carbons (Fsp3) is 0.0833. The molecule has 0 aliphatic rings. The van der Waals surface area contributed by atoms with Crippen molar-refractivity contribution in [2.45, 2.75) is 6.54 Å². The lowest BCUT2D eigenvalue weighted by atomic mass is 10.2. The van der Waals surface area contributed by atoms with Crippen molar-refractivity contribution in [2.24, 2.45) is 0 Å². The van der Waals surface area contributed by atoms with E-state index in [1.165, 1.54) is 0 Å². The third kappa shape index (κ3) is 3.69. The van der Waals surface area contributed by atoms with Crippen molar-refractivity contribution in [1.82, 2.24) is 4.98 Å². The zero-order valence-electron chi connectivity index (χ0n) is 8.75. The van der Waals surface area contributed by atoms with Crippen LogP contribution < -0.4 is 5.32 Å². The van der Waals surface area contributed by atoms with Crippen LogP contribution in [0.3, 0.4) is 0 Å². The van der Waals surface area contributed by atoms with E-state index in [4.69, 9.17) is 11.6 Å². The molecule has 1 heterocycles. The normalized spacial score (nSPS) is 10.3. The van der Waals surface area contributed by atoms with E-state index < -0.39 is 0 Å². The molecule has 0 radical (unpaired) electrons. The van der Waals surface area contributed by atoms with E-state index in [0.717, 1.165) is 20.2 Å². The van der Waals surface area contributed by atoms with Crippen molar-refractivity contribution in [3.63, 3.8) is 0 Å². The first-order chi connectivity index (χ1) is 8.15. The topological polar surface area (TPSA) is 24.9 Å². The smallest absolute Gasteiger partial charge is 0.0488 e. The monoisotopic (exact) mass is 374 g/mol. The first-order valence-corrected chi connectivity index (χ1v) is 6.90. The number of nitrogens with one attached hydrogen (secondary N) is 1. The number of benzene rings is 1. The Morgan fingerprint density at radius 3 is 2.71 bits per heavy atom. The second kappa shape index (κ2) is 5.85. The molecule has 0 atom stereocenters. The van der Waals surface area contributed by atoms with Gasteiger partial charge < -0.3 is 5.32 Å². The van der Waals surface area contributed by atoms with Gasteiger partial charge in [0.05, 0.1) is 0 Å². The van der Waals surface area contributed by atoms with Crippen LogP contribution >= 0.6 is 43.5 Å². The Kier molecular flexibility index (Phi) is 4.42. The van der Waals surface area contributed by atoms with Crippen molar-refractivity contribution in [2.75, 3.05) is 5.32 Å². The quantitative estimate of drug-likeness (QED) is 0.826. The van der Waals surface area contributed by atoms with E-state index in [0.29, 0.717) is 11.6 Å². The van der Waals surface area contributed by atoms with Gasteiger partial charge in [0, 0.05) is 38.6 Å². The lowest BCUT2D eigenvalue weighted by Gasteiger charge is -2.08. The van der Waals surface area contributed by atoms with Gasteiger partial charge in [-0.2, -0.15) is 0 Å². The number of halogens is 3. The maximum Gasteiger partial charge on any atom is 0.0488 e. The highest BCUT2D eigenvalue weighted by Crippen LogP contribution is 2.26. The van der Waals surface area contributed by atoms with Gasteiger partial charge in [0.1, 0.15) is 0 Å². The van der Waals surface area contributed by atoms with Crippen molar-refractivity contribution < 1.29 is 0 Å². The number of rotatable bonds is 3. The third-order valence-electron chi connectivity index (χ3n) is 2.18. The van der Waals surface area contributed by atoms with Gasteiger partial charge in [-0.05, 0) is 61.7 Å². The minimum atomic E-state index is 0.714. The molecule has 1 N–H and O–H groups in total. The molecule has 0 fully saturated rings. The predicted octanol–water partition coefficient (Wildman–Crippen LogP) is 4.87. The lowest BCUT2D eigenvalue weighted by Crippen LogP contribution is -2.00. The molecule has 0 amide bonds. The first kappa shape index (κ1) is 12.9. The number of pyridine rings is 1. The van der Waals surface area contributed by atoms with Crippen LogP contribution in [-0.2, 0) is 6.54 Å². The van der Waals surface area contributed by atoms with Crippen LogP contribution in [0.15, 0.2) is 45.6 Å². The van der Waals surface area contributed by atoms with Gasteiger partial charge in [-0.25, -0.2) is 0 Å². The number of aromatic nitrogens is 1. The molecule has 5 heteroatoms. The summed E-state index contributed by atoms with van der Waals surface area (Å²) < 4.78 is 1.93. The molecule has 0 aliphatic carbocycles. The highest BCUT2D eigenvalue weighted by molar-refractivity contribution is 9.10. The summed E-state index contributed by atoms with van der Waals surface area (Å²) in [6.45, 7) is 0.715. The lowest BCUT2D eigenvalue weighted by molar-refractivity contribution is 1.10. The molecule has 0 saturated heterocycles. The van der Waals surface area contributed by atoms with Gasteiger partial charge in [-0.1, -0.05) is 11.6 Å². The molecule has 0 saturated carbocycles. The molecule has 0 aliphatic heterocycles. The Morgan fingerprint density at radius 1 is 1.18 bits per heavy atom. The Balaban J connectivity index is 2.07. The molecule has 2 aromatic rings. The van der Waals surface area contributed by atoms with Gasteiger partial charge in [0.25, 0.3) is 0 Å². The summed E-state index contributed by atoms with van der Waals surface area (Å²) >= 11 is 12.7. The van der Waals surface area contributed by atoms with E-state index in [-0.39, 0.29) is 0 Å². The van der Waals surface area contributed by atoms with Gasteiger partial charge >= 0.3 is 0 Å². The minimum Gasteiger partial charge on any atom is -0.380 e. The van der Waals surface area contributed by atoms with Crippen LogP contribution in [0.2, 0.25) is 5.02 Å². The fourth-order valence-electron chi connectivity index (χ4n) is 1.38. The first-order valence-electron chi connectivity index (χ1n) is 4.93. The van der Waals surface area contributed by atoms with E-state index in [1.54, 1.807) is 6.20 Å². The van der Waals surface area contributed by atoms with E-state index in [2.05, 4.69) is 42.2 Å². The summed E-state index contributed by atoms with van der Waals surface area (Å²) in [7, 11) is 0. The van der Waals surface area contributed by atoms with Crippen LogP contribution in [0, 0.1) is 0 Å². The van der Waals surface area contributed by atoms with Crippen molar-refractivity contribution in [1.29, 1.82) is 0 Å². The standard InChI is InChI=1S/C12H9Br2ClN2/c13-9-3-8(5-16-7-9)6-17-12-2-1-10(15)4-11(12)14/h1-5,7,17H,6H2. The average Bonchev–Trinajstić information content (AvgIpc) is 2.28. The van der Waals surface area contributed by atoms with Gasteiger partial charge in [0.2, 0.25) is 0 Å². The molecule has 1 aromatic carbocycles. The van der Waals surface area contributed by atoms with Gasteiger partial charge in [-0.15, -0.1) is 0 Å². The second-order valence-corrected chi connectivity index (χ2v) is 5.70. The molecule has 0 unspecified atom stereocenters. The summed E-state index contributed by atoms with van der Waals surface area (Å²) in [6, 6.07) is 7.69. The molecule has 17 heavy (non-hydrogen) atoms. The molecule has 0 spiro atoms. The summed E-state index contributed by atoms with van der Waals surface area (Å²) in [4.78, 5) is 4.11. The minimum absolute atomic E-state index is 0.714. The highest BCUT2D eigenvalue weighted by atomic mass is 79.9. The Labute approximate surface area is 122 Å². The predicted molar refractivity (Wildman–Crippen MR) is 78.4 cm³/mol. The SMILES string of the molecule is Clc1ccc(NCc2cncc(Br)c2)c(Br)c1. The zero-order valence-corrected chi connectivity index (χ0v) is 12.7. The van der Waals surface area contributed by atoms with Crippen molar-refractivity contribution in [3.8, 4) is 0 Å².